The SMILES string of the molecule is CC(C)CC(C)COC(CO)C(N)=O. The van der Waals surface area contributed by atoms with E-state index in [2.05, 4.69) is 20.8 Å². The van der Waals surface area contributed by atoms with Crippen molar-refractivity contribution in [1.29, 1.82) is 0 Å². The Labute approximate surface area is 85.4 Å². The van der Waals surface area contributed by atoms with Gasteiger partial charge in [-0.2, -0.15) is 0 Å². The Morgan fingerprint density at radius 1 is 1.43 bits per heavy atom. The largest absolute Gasteiger partial charge is 0.393 e. The van der Waals surface area contributed by atoms with Gasteiger partial charge in [-0.25, -0.2) is 0 Å². The Kier molecular flexibility index (Phi) is 6.49. The van der Waals surface area contributed by atoms with Gasteiger partial charge < -0.3 is 15.6 Å². The van der Waals surface area contributed by atoms with Gasteiger partial charge in [0.15, 0.2) is 6.10 Å². The van der Waals surface area contributed by atoms with E-state index in [1.54, 1.807) is 0 Å². The highest BCUT2D eigenvalue weighted by molar-refractivity contribution is 5.78. The normalized spacial score (nSPS) is 15.5. The summed E-state index contributed by atoms with van der Waals surface area (Å²) >= 11 is 0. The van der Waals surface area contributed by atoms with Gasteiger partial charge in [0.05, 0.1) is 13.2 Å². The van der Waals surface area contributed by atoms with Gasteiger partial charge in [-0.3, -0.25) is 4.79 Å². The fourth-order valence-electron chi connectivity index (χ4n) is 1.38. The van der Waals surface area contributed by atoms with Crippen LogP contribution in [0.25, 0.3) is 0 Å². The number of hydrogen-bond donors (Lipinski definition) is 2. The first-order valence-corrected chi connectivity index (χ1v) is 4.99. The standard InChI is InChI=1S/C10H21NO3/c1-7(2)4-8(3)6-14-9(5-12)10(11)13/h7-9,12H,4-6H2,1-3H3,(H2,11,13). The third-order valence-corrected chi connectivity index (χ3v) is 1.94. The summed E-state index contributed by atoms with van der Waals surface area (Å²) in [5.74, 6) is 0.377. The zero-order valence-electron chi connectivity index (χ0n) is 9.19. The fraction of sp³-hybridized carbons (Fsp3) is 0.900. The minimum absolute atomic E-state index is 0.344. The van der Waals surface area contributed by atoms with Crippen molar-refractivity contribution >= 4 is 5.91 Å². The van der Waals surface area contributed by atoms with Gasteiger partial charge >= 0.3 is 0 Å². The Balaban J connectivity index is 3.73. The summed E-state index contributed by atoms with van der Waals surface area (Å²) in [5.41, 5.74) is 5.01. The van der Waals surface area contributed by atoms with Crippen molar-refractivity contribution in [2.75, 3.05) is 13.2 Å². The molecule has 84 valence electrons. The molecule has 2 atom stereocenters. The highest BCUT2D eigenvalue weighted by atomic mass is 16.5. The molecule has 0 spiro atoms. The van der Waals surface area contributed by atoms with Crippen molar-refractivity contribution in [1.82, 2.24) is 0 Å². The van der Waals surface area contributed by atoms with Crippen LogP contribution in [-0.4, -0.2) is 30.3 Å². The maximum absolute atomic E-state index is 10.7. The molecule has 0 aliphatic carbocycles. The number of carbonyl (C=O) groups is 1. The van der Waals surface area contributed by atoms with Crippen LogP contribution in [0.15, 0.2) is 0 Å². The predicted octanol–water partition coefficient (Wildman–Crippen LogP) is 0.531. The molecule has 0 fully saturated rings. The molecule has 0 aromatic carbocycles. The number of ether oxygens (including phenoxy) is 1. The lowest BCUT2D eigenvalue weighted by Crippen LogP contribution is -2.35. The van der Waals surface area contributed by atoms with E-state index in [1.807, 2.05) is 0 Å². The van der Waals surface area contributed by atoms with Gasteiger partial charge in [-0.1, -0.05) is 20.8 Å². The van der Waals surface area contributed by atoms with E-state index < -0.39 is 12.0 Å². The molecule has 4 heteroatoms. The summed E-state index contributed by atoms with van der Waals surface area (Å²) in [4.78, 5) is 10.7. The molecule has 0 rings (SSSR count). The number of nitrogens with two attached hydrogens (primary N) is 1. The maximum atomic E-state index is 10.7. The molecule has 0 aliphatic heterocycles. The lowest BCUT2D eigenvalue weighted by atomic mass is 10.00. The van der Waals surface area contributed by atoms with E-state index in [-0.39, 0.29) is 6.61 Å². The van der Waals surface area contributed by atoms with Crippen molar-refractivity contribution in [3.8, 4) is 0 Å². The van der Waals surface area contributed by atoms with Gasteiger partial charge in [0.25, 0.3) is 0 Å². The predicted molar refractivity (Wildman–Crippen MR) is 54.6 cm³/mol. The Bertz CT molecular complexity index is 171. The topological polar surface area (TPSA) is 72.6 Å². The molecule has 0 heterocycles. The number of carbonyl (C=O) groups excluding carboxylic acids is 1. The van der Waals surface area contributed by atoms with E-state index >= 15 is 0 Å². The van der Waals surface area contributed by atoms with Crippen LogP contribution in [0.5, 0.6) is 0 Å². The molecule has 3 N–H and O–H groups in total. The van der Waals surface area contributed by atoms with Crippen LogP contribution in [0.1, 0.15) is 27.2 Å². The molecule has 0 aliphatic rings. The van der Waals surface area contributed by atoms with Crippen LogP contribution >= 0.6 is 0 Å². The number of hydrogen-bond acceptors (Lipinski definition) is 3. The van der Waals surface area contributed by atoms with Gasteiger partial charge in [-0.05, 0) is 18.3 Å². The zero-order valence-corrected chi connectivity index (χ0v) is 9.19. The van der Waals surface area contributed by atoms with E-state index in [0.717, 1.165) is 6.42 Å². The average Bonchev–Trinajstić information content (AvgIpc) is 2.03. The van der Waals surface area contributed by atoms with Crippen molar-refractivity contribution in [2.45, 2.75) is 33.3 Å². The lowest BCUT2D eigenvalue weighted by Gasteiger charge is -2.17. The fourth-order valence-corrected chi connectivity index (χ4v) is 1.38. The summed E-state index contributed by atoms with van der Waals surface area (Å²) in [5, 5.41) is 8.77. The molecule has 0 radical (unpaired) electrons. The lowest BCUT2D eigenvalue weighted by molar-refractivity contribution is -0.133. The number of rotatable bonds is 7. The monoisotopic (exact) mass is 203 g/mol. The Hall–Kier alpha value is -0.610. The summed E-state index contributed by atoms with van der Waals surface area (Å²) in [6.07, 6.45) is 0.182. The summed E-state index contributed by atoms with van der Waals surface area (Å²) in [7, 11) is 0. The quantitative estimate of drug-likeness (QED) is 0.634. The maximum Gasteiger partial charge on any atom is 0.248 e. The van der Waals surface area contributed by atoms with Gasteiger partial charge in [0.2, 0.25) is 5.91 Å². The number of amides is 1. The summed E-state index contributed by atoms with van der Waals surface area (Å²) in [6.45, 7) is 6.44. The third-order valence-electron chi connectivity index (χ3n) is 1.94. The molecule has 0 saturated carbocycles. The Morgan fingerprint density at radius 2 is 2.00 bits per heavy atom. The highest BCUT2D eigenvalue weighted by Gasteiger charge is 2.16. The average molecular weight is 203 g/mol. The molecular weight excluding hydrogens is 182 g/mol. The van der Waals surface area contributed by atoms with E-state index in [1.165, 1.54) is 0 Å². The first kappa shape index (κ1) is 13.4. The second-order valence-electron chi connectivity index (χ2n) is 4.14. The van der Waals surface area contributed by atoms with E-state index in [9.17, 15) is 4.79 Å². The van der Waals surface area contributed by atoms with E-state index in [4.69, 9.17) is 15.6 Å². The number of primary amides is 1. The second-order valence-corrected chi connectivity index (χ2v) is 4.14. The molecule has 0 aromatic heterocycles. The summed E-state index contributed by atoms with van der Waals surface area (Å²) < 4.78 is 5.19. The second kappa shape index (κ2) is 6.79. The highest BCUT2D eigenvalue weighted by Crippen LogP contribution is 2.11. The summed E-state index contributed by atoms with van der Waals surface area (Å²) in [6, 6.07) is 0. The van der Waals surface area contributed by atoms with Crippen LogP contribution in [0.2, 0.25) is 0 Å². The van der Waals surface area contributed by atoms with E-state index in [0.29, 0.717) is 18.4 Å². The smallest absolute Gasteiger partial charge is 0.248 e. The molecule has 2 unspecified atom stereocenters. The van der Waals surface area contributed by atoms with Crippen LogP contribution in [0, 0.1) is 11.8 Å². The van der Waals surface area contributed by atoms with Gasteiger partial charge in [-0.15, -0.1) is 0 Å². The molecular formula is C10H21NO3. The zero-order chi connectivity index (χ0) is 11.1. The van der Waals surface area contributed by atoms with Gasteiger partial charge in [0, 0.05) is 0 Å². The molecule has 0 bridgehead atoms. The first-order chi connectivity index (χ1) is 6.47. The molecule has 0 saturated heterocycles. The molecule has 0 aromatic rings. The van der Waals surface area contributed by atoms with Gasteiger partial charge in [0.1, 0.15) is 0 Å². The van der Waals surface area contributed by atoms with Crippen LogP contribution in [0.3, 0.4) is 0 Å². The van der Waals surface area contributed by atoms with Crippen molar-refractivity contribution < 1.29 is 14.6 Å². The minimum Gasteiger partial charge on any atom is -0.393 e. The minimum atomic E-state index is -0.857. The molecule has 4 nitrogen and oxygen atoms in total. The Morgan fingerprint density at radius 3 is 2.36 bits per heavy atom. The van der Waals surface area contributed by atoms with Crippen molar-refractivity contribution in [2.24, 2.45) is 17.6 Å². The van der Waals surface area contributed by atoms with Crippen molar-refractivity contribution in [3.05, 3.63) is 0 Å². The van der Waals surface area contributed by atoms with Crippen LogP contribution in [-0.2, 0) is 9.53 Å². The van der Waals surface area contributed by atoms with Crippen LogP contribution < -0.4 is 5.73 Å². The molecule has 1 amide bonds. The third kappa shape index (κ3) is 5.94. The first-order valence-electron chi connectivity index (χ1n) is 4.99. The number of aliphatic hydroxyl groups excluding tert-OH is 1. The van der Waals surface area contributed by atoms with Crippen LogP contribution in [0.4, 0.5) is 0 Å². The molecule has 14 heavy (non-hydrogen) atoms. The van der Waals surface area contributed by atoms with Crippen molar-refractivity contribution in [3.63, 3.8) is 0 Å². The number of aliphatic hydroxyl groups is 1.